The van der Waals surface area contributed by atoms with Gasteiger partial charge in [0.1, 0.15) is 0 Å². The lowest BCUT2D eigenvalue weighted by molar-refractivity contribution is 0.537. The molecule has 1 nitrogen and oxygen atoms in total. The molecule has 0 spiro atoms. The van der Waals surface area contributed by atoms with Gasteiger partial charge in [-0.15, -0.1) is 0 Å². The van der Waals surface area contributed by atoms with E-state index in [4.69, 9.17) is 0 Å². The molecule has 0 aliphatic heterocycles. The predicted molar refractivity (Wildman–Crippen MR) is 62.5 cm³/mol. The van der Waals surface area contributed by atoms with Gasteiger partial charge in [0.2, 0.25) is 0 Å². The number of benzene rings is 1. The maximum absolute atomic E-state index is 3.49. The van der Waals surface area contributed by atoms with Gasteiger partial charge in [0.25, 0.3) is 0 Å². The van der Waals surface area contributed by atoms with Crippen molar-refractivity contribution in [3.63, 3.8) is 0 Å². The molecule has 0 aliphatic carbocycles. The summed E-state index contributed by atoms with van der Waals surface area (Å²) in [5, 5.41) is 3.49. The Bertz CT molecular complexity index is 250. The van der Waals surface area contributed by atoms with Crippen molar-refractivity contribution in [3.8, 4) is 0 Å². The molecule has 0 radical (unpaired) electrons. The van der Waals surface area contributed by atoms with Crippen LogP contribution in [0, 0.1) is 0 Å². The Morgan fingerprint density at radius 2 is 1.71 bits per heavy atom. The molecule has 78 valence electrons. The number of rotatable bonds is 5. The van der Waals surface area contributed by atoms with Crippen LogP contribution in [0.2, 0.25) is 0 Å². The van der Waals surface area contributed by atoms with E-state index in [1.54, 1.807) is 0 Å². The molecule has 0 amide bonds. The van der Waals surface area contributed by atoms with Crippen molar-refractivity contribution in [1.82, 2.24) is 5.32 Å². The van der Waals surface area contributed by atoms with E-state index in [9.17, 15) is 0 Å². The maximum atomic E-state index is 3.49. The predicted octanol–water partition coefficient (Wildman–Crippen LogP) is 3.31. The zero-order chi connectivity index (χ0) is 10.4. The lowest BCUT2D eigenvalue weighted by atomic mass is 10.0. The van der Waals surface area contributed by atoms with Crippen LogP contribution in [0.1, 0.15) is 44.4 Å². The van der Waals surface area contributed by atoms with Gasteiger partial charge in [-0.25, -0.2) is 0 Å². The first-order valence-electron chi connectivity index (χ1n) is 5.64. The number of nitrogens with one attached hydrogen (secondary N) is 1. The Morgan fingerprint density at radius 3 is 2.14 bits per heavy atom. The van der Waals surface area contributed by atoms with Gasteiger partial charge in [-0.05, 0) is 30.5 Å². The van der Waals surface area contributed by atoms with E-state index in [2.05, 4.69) is 50.4 Å². The Morgan fingerprint density at radius 1 is 1.07 bits per heavy atom. The van der Waals surface area contributed by atoms with Crippen LogP contribution in [-0.4, -0.2) is 6.54 Å². The SMILES string of the molecule is CCNC(CC)c1ccc(CC)cc1. The van der Waals surface area contributed by atoms with E-state index in [-0.39, 0.29) is 0 Å². The van der Waals surface area contributed by atoms with E-state index in [1.807, 2.05) is 0 Å². The molecule has 1 N–H and O–H groups in total. The highest BCUT2D eigenvalue weighted by Crippen LogP contribution is 2.16. The van der Waals surface area contributed by atoms with Crippen LogP contribution < -0.4 is 5.32 Å². The average molecular weight is 191 g/mol. The van der Waals surface area contributed by atoms with E-state index in [0.717, 1.165) is 19.4 Å². The van der Waals surface area contributed by atoms with Crippen molar-refractivity contribution in [3.05, 3.63) is 35.4 Å². The zero-order valence-corrected chi connectivity index (χ0v) is 9.51. The molecule has 14 heavy (non-hydrogen) atoms. The van der Waals surface area contributed by atoms with Gasteiger partial charge in [-0.3, -0.25) is 0 Å². The minimum Gasteiger partial charge on any atom is -0.310 e. The summed E-state index contributed by atoms with van der Waals surface area (Å²) in [4.78, 5) is 0. The molecule has 0 saturated carbocycles. The highest BCUT2D eigenvalue weighted by atomic mass is 14.9. The third kappa shape index (κ3) is 2.85. The summed E-state index contributed by atoms with van der Waals surface area (Å²) >= 11 is 0. The summed E-state index contributed by atoms with van der Waals surface area (Å²) < 4.78 is 0. The largest absolute Gasteiger partial charge is 0.310 e. The second-order valence-electron chi connectivity index (χ2n) is 3.61. The maximum Gasteiger partial charge on any atom is 0.0317 e. The fourth-order valence-electron chi connectivity index (χ4n) is 1.73. The molecule has 1 rings (SSSR count). The summed E-state index contributed by atoms with van der Waals surface area (Å²) in [6, 6.07) is 9.47. The smallest absolute Gasteiger partial charge is 0.0317 e. The van der Waals surface area contributed by atoms with E-state index in [0.29, 0.717) is 6.04 Å². The highest BCUT2D eigenvalue weighted by molar-refractivity contribution is 5.24. The zero-order valence-electron chi connectivity index (χ0n) is 9.51. The number of hydrogen-bond acceptors (Lipinski definition) is 1. The molecular formula is C13H21N. The van der Waals surface area contributed by atoms with Crippen LogP contribution in [0.3, 0.4) is 0 Å². The van der Waals surface area contributed by atoms with Crippen molar-refractivity contribution < 1.29 is 0 Å². The standard InChI is InChI=1S/C13H21N/c1-4-11-7-9-12(10-8-11)13(5-2)14-6-3/h7-10,13-14H,4-6H2,1-3H3. The summed E-state index contributed by atoms with van der Waals surface area (Å²) in [7, 11) is 0. The topological polar surface area (TPSA) is 12.0 Å². The van der Waals surface area contributed by atoms with Crippen molar-refractivity contribution in [2.75, 3.05) is 6.54 Å². The summed E-state index contributed by atoms with van der Waals surface area (Å²) in [5.74, 6) is 0. The first-order chi connectivity index (χ1) is 6.81. The summed E-state index contributed by atoms with van der Waals surface area (Å²) in [6.07, 6.45) is 2.28. The van der Waals surface area contributed by atoms with Crippen molar-refractivity contribution in [1.29, 1.82) is 0 Å². The molecule has 0 fully saturated rings. The minimum atomic E-state index is 0.519. The van der Waals surface area contributed by atoms with Gasteiger partial charge in [-0.2, -0.15) is 0 Å². The molecule has 0 bridgehead atoms. The van der Waals surface area contributed by atoms with E-state index < -0.39 is 0 Å². The van der Waals surface area contributed by atoms with Gasteiger partial charge >= 0.3 is 0 Å². The van der Waals surface area contributed by atoms with Gasteiger partial charge in [0.15, 0.2) is 0 Å². The van der Waals surface area contributed by atoms with Crippen LogP contribution in [0.4, 0.5) is 0 Å². The molecule has 0 heterocycles. The molecule has 1 unspecified atom stereocenters. The highest BCUT2D eigenvalue weighted by Gasteiger charge is 2.06. The van der Waals surface area contributed by atoms with Crippen LogP contribution in [0.5, 0.6) is 0 Å². The Kier molecular flexibility index (Phi) is 4.68. The van der Waals surface area contributed by atoms with Gasteiger partial charge < -0.3 is 5.32 Å². The van der Waals surface area contributed by atoms with Crippen LogP contribution in [0.25, 0.3) is 0 Å². The van der Waals surface area contributed by atoms with Crippen LogP contribution in [0.15, 0.2) is 24.3 Å². The molecule has 1 atom stereocenters. The Labute approximate surface area is 87.5 Å². The van der Waals surface area contributed by atoms with Crippen molar-refractivity contribution in [2.24, 2.45) is 0 Å². The average Bonchev–Trinajstić information content (AvgIpc) is 2.26. The molecular weight excluding hydrogens is 170 g/mol. The monoisotopic (exact) mass is 191 g/mol. The quantitative estimate of drug-likeness (QED) is 0.753. The molecule has 0 aliphatic rings. The van der Waals surface area contributed by atoms with Crippen molar-refractivity contribution in [2.45, 2.75) is 39.7 Å². The lowest BCUT2D eigenvalue weighted by Crippen LogP contribution is -2.19. The van der Waals surface area contributed by atoms with Crippen LogP contribution in [-0.2, 0) is 6.42 Å². The van der Waals surface area contributed by atoms with Crippen LogP contribution >= 0.6 is 0 Å². The van der Waals surface area contributed by atoms with Gasteiger partial charge in [0.05, 0.1) is 0 Å². The number of hydrogen-bond donors (Lipinski definition) is 1. The third-order valence-electron chi connectivity index (χ3n) is 2.65. The molecule has 0 saturated heterocycles. The van der Waals surface area contributed by atoms with E-state index in [1.165, 1.54) is 11.1 Å². The normalized spacial score (nSPS) is 12.8. The van der Waals surface area contributed by atoms with Gasteiger partial charge in [0, 0.05) is 6.04 Å². The first-order valence-corrected chi connectivity index (χ1v) is 5.64. The molecule has 0 aromatic heterocycles. The van der Waals surface area contributed by atoms with Gasteiger partial charge in [-0.1, -0.05) is 45.0 Å². The molecule has 1 aromatic rings. The molecule has 1 aromatic carbocycles. The lowest BCUT2D eigenvalue weighted by Gasteiger charge is -2.16. The second kappa shape index (κ2) is 5.82. The second-order valence-corrected chi connectivity index (χ2v) is 3.61. The summed E-state index contributed by atoms with van der Waals surface area (Å²) in [5.41, 5.74) is 2.83. The Balaban J connectivity index is 2.73. The minimum absolute atomic E-state index is 0.519. The van der Waals surface area contributed by atoms with E-state index >= 15 is 0 Å². The fraction of sp³-hybridized carbons (Fsp3) is 0.538. The number of aryl methyl sites for hydroxylation is 1. The Hall–Kier alpha value is -0.820. The third-order valence-corrected chi connectivity index (χ3v) is 2.65. The van der Waals surface area contributed by atoms with Crippen molar-refractivity contribution >= 4 is 0 Å². The fourth-order valence-corrected chi connectivity index (χ4v) is 1.73. The summed E-state index contributed by atoms with van der Waals surface area (Å²) in [6.45, 7) is 7.61. The molecule has 1 heteroatoms. The first kappa shape index (κ1) is 11.3.